The fraction of sp³-hybridized carbons (Fsp3) is 0.667. The van der Waals surface area contributed by atoms with E-state index >= 15 is 0 Å². The average molecular weight is 290 g/mol. The Labute approximate surface area is 129 Å². The van der Waals surface area contributed by atoms with Crippen molar-refractivity contribution in [3.63, 3.8) is 0 Å². The Hall–Kier alpha value is -0.900. The van der Waals surface area contributed by atoms with Gasteiger partial charge in [-0.05, 0) is 58.3 Å². The van der Waals surface area contributed by atoms with Crippen molar-refractivity contribution in [2.24, 2.45) is 5.92 Å². The summed E-state index contributed by atoms with van der Waals surface area (Å²) in [7, 11) is 4.23. The summed E-state index contributed by atoms with van der Waals surface area (Å²) in [6.45, 7) is 6.10. The van der Waals surface area contributed by atoms with Gasteiger partial charge in [0.25, 0.3) is 0 Å². The van der Waals surface area contributed by atoms with E-state index in [0.717, 1.165) is 38.6 Å². The van der Waals surface area contributed by atoms with Gasteiger partial charge in [0.2, 0.25) is 0 Å². The molecule has 0 spiro atoms. The van der Waals surface area contributed by atoms with Crippen LogP contribution in [-0.4, -0.2) is 45.3 Å². The lowest BCUT2D eigenvalue weighted by Gasteiger charge is -2.22. The predicted molar refractivity (Wildman–Crippen MR) is 88.6 cm³/mol. The van der Waals surface area contributed by atoms with E-state index in [4.69, 9.17) is 4.74 Å². The number of hydrogen-bond acceptors (Lipinski definition) is 3. The lowest BCUT2D eigenvalue weighted by Crippen LogP contribution is -2.28. The molecule has 1 aromatic carbocycles. The summed E-state index contributed by atoms with van der Waals surface area (Å²) in [6, 6.07) is 9.22. The molecule has 0 saturated heterocycles. The first-order chi connectivity index (χ1) is 10.2. The Bertz CT molecular complexity index is 417. The van der Waals surface area contributed by atoms with Gasteiger partial charge < -0.3 is 15.0 Å². The molecular weight excluding hydrogens is 260 g/mol. The molecule has 1 atom stereocenters. The smallest absolute Gasteiger partial charge is 0.0593 e. The van der Waals surface area contributed by atoms with Crippen LogP contribution in [0.4, 0.5) is 0 Å². The standard InChI is InChI=1S/C18H30N2O/c1-15-5-4-6-17(13-15)18(19-2)9-10-20(3)11-12-21-14-16-7-8-16/h4-6,13,16,18-19H,7-12,14H2,1-3H3. The third-order valence-electron chi connectivity index (χ3n) is 4.26. The summed E-state index contributed by atoms with van der Waals surface area (Å²) >= 11 is 0. The van der Waals surface area contributed by atoms with Crippen molar-refractivity contribution in [2.75, 3.05) is 40.4 Å². The molecule has 0 aromatic heterocycles. The van der Waals surface area contributed by atoms with Crippen molar-refractivity contribution in [3.8, 4) is 0 Å². The highest BCUT2D eigenvalue weighted by Crippen LogP contribution is 2.28. The molecule has 21 heavy (non-hydrogen) atoms. The second-order valence-corrected chi connectivity index (χ2v) is 6.37. The molecule has 0 amide bonds. The minimum atomic E-state index is 0.430. The molecular formula is C18H30N2O. The molecule has 1 aliphatic rings. The van der Waals surface area contributed by atoms with Crippen molar-refractivity contribution in [2.45, 2.75) is 32.2 Å². The highest BCUT2D eigenvalue weighted by atomic mass is 16.5. The van der Waals surface area contributed by atoms with Gasteiger partial charge >= 0.3 is 0 Å². The monoisotopic (exact) mass is 290 g/mol. The molecule has 118 valence electrons. The van der Waals surface area contributed by atoms with Crippen LogP contribution in [0.25, 0.3) is 0 Å². The van der Waals surface area contributed by atoms with E-state index in [-0.39, 0.29) is 0 Å². The first kappa shape index (κ1) is 16.5. The van der Waals surface area contributed by atoms with Crippen LogP contribution in [0.1, 0.15) is 36.4 Å². The maximum atomic E-state index is 5.70. The number of benzene rings is 1. The average Bonchev–Trinajstić information content (AvgIpc) is 3.28. The fourth-order valence-electron chi connectivity index (χ4n) is 2.58. The second kappa shape index (κ2) is 8.52. The Kier molecular flexibility index (Phi) is 6.68. The fourth-order valence-corrected chi connectivity index (χ4v) is 2.58. The molecule has 0 aliphatic heterocycles. The van der Waals surface area contributed by atoms with Gasteiger partial charge in [0.1, 0.15) is 0 Å². The van der Waals surface area contributed by atoms with Crippen molar-refractivity contribution < 1.29 is 4.74 Å². The van der Waals surface area contributed by atoms with Gasteiger partial charge in [-0.1, -0.05) is 29.8 Å². The van der Waals surface area contributed by atoms with Gasteiger partial charge in [-0.3, -0.25) is 0 Å². The largest absolute Gasteiger partial charge is 0.380 e. The zero-order valence-corrected chi connectivity index (χ0v) is 13.8. The number of likely N-dealkylation sites (N-methyl/N-ethyl adjacent to an activating group) is 1. The summed E-state index contributed by atoms with van der Waals surface area (Å²) < 4.78 is 5.70. The molecule has 1 aromatic rings. The SMILES string of the molecule is CNC(CCN(C)CCOCC1CC1)c1cccc(C)c1. The molecule has 1 unspecified atom stereocenters. The van der Waals surface area contributed by atoms with E-state index in [1.54, 1.807) is 0 Å². The van der Waals surface area contributed by atoms with E-state index in [1.165, 1.54) is 24.0 Å². The molecule has 2 rings (SSSR count). The van der Waals surface area contributed by atoms with Crippen molar-refractivity contribution >= 4 is 0 Å². The zero-order valence-electron chi connectivity index (χ0n) is 13.8. The minimum absolute atomic E-state index is 0.430. The Morgan fingerprint density at radius 3 is 2.81 bits per heavy atom. The second-order valence-electron chi connectivity index (χ2n) is 6.37. The third-order valence-corrected chi connectivity index (χ3v) is 4.26. The molecule has 0 bridgehead atoms. The van der Waals surface area contributed by atoms with Crippen molar-refractivity contribution in [1.29, 1.82) is 0 Å². The summed E-state index contributed by atoms with van der Waals surface area (Å²) in [5, 5.41) is 3.43. The van der Waals surface area contributed by atoms with Crippen LogP contribution in [0.3, 0.4) is 0 Å². The number of nitrogens with zero attached hydrogens (tertiary/aromatic N) is 1. The van der Waals surface area contributed by atoms with E-state index in [1.807, 2.05) is 7.05 Å². The van der Waals surface area contributed by atoms with Crippen LogP contribution < -0.4 is 5.32 Å². The lowest BCUT2D eigenvalue weighted by atomic mass is 10.0. The number of ether oxygens (including phenoxy) is 1. The predicted octanol–water partition coefficient (Wildman–Crippen LogP) is 3.00. The van der Waals surface area contributed by atoms with Gasteiger partial charge in [-0.2, -0.15) is 0 Å². The molecule has 1 N–H and O–H groups in total. The topological polar surface area (TPSA) is 24.5 Å². The van der Waals surface area contributed by atoms with Gasteiger partial charge in [0, 0.05) is 19.2 Å². The summed E-state index contributed by atoms with van der Waals surface area (Å²) in [4.78, 5) is 2.37. The third kappa shape index (κ3) is 6.16. The van der Waals surface area contributed by atoms with Crippen molar-refractivity contribution in [1.82, 2.24) is 10.2 Å². The van der Waals surface area contributed by atoms with E-state index in [9.17, 15) is 0 Å². The molecule has 1 aliphatic carbocycles. The Morgan fingerprint density at radius 1 is 1.33 bits per heavy atom. The van der Waals surface area contributed by atoms with Crippen LogP contribution in [0, 0.1) is 12.8 Å². The first-order valence-corrected chi connectivity index (χ1v) is 8.19. The van der Waals surface area contributed by atoms with Crippen LogP contribution in [0.5, 0.6) is 0 Å². The number of aryl methyl sites for hydroxylation is 1. The van der Waals surface area contributed by atoms with Gasteiger partial charge in [-0.25, -0.2) is 0 Å². The highest BCUT2D eigenvalue weighted by Gasteiger charge is 2.21. The normalized spacial score (nSPS) is 16.4. The molecule has 0 radical (unpaired) electrons. The maximum absolute atomic E-state index is 5.70. The highest BCUT2D eigenvalue weighted by molar-refractivity contribution is 5.25. The quantitative estimate of drug-likeness (QED) is 0.670. The van der Waals surface area contributed by atoms with Crippen LogP contribution >= 0.6 is 0 Å². The van der Waals surface area contributed by atoms with Crippen LogP contribution in [0.15, 0.2) is 24.3 Å². The van der Waals surface area contributed by atoms with Crippen LogP contribution in [-0.2, 0) is 4.74 Å². The van der Waals surface area contributed by atoms with Crippen molar-refractivity contribution in [3.05, 3.63) is 35.4 Å². The summed E-state index contributed by atoms with van der Waals surface area (Å²) in [5.74, 6) is 0.866. The summed E-state index contributed by atoms with van der Waals surface area (Å²) in [6.07, 6.45) is 3.87. The van der Waals surface area contributed by atoms with E-state index in [2.05, 4.69) is 48.5 Å². The zero-order chi connectivity index (χ0) is 15.1. The lowest BCUT2D eigenvalue weighted by molar-refractivity contribution is 0.102. The molecule has 0 heterocycles. The molecule has 1 saturated carbocycles. The number of nitrogens with one attached hydrogen (secondary N) is 1. The molecule has 1 fully saturated rings. The number of rotatable bonds is 10. The molecule has 3 nitrogen and oxygen atoms in total. The minimum Gasteiger partial charge on any atom is -0.380 e. The number of hydrogen-bond donors (Lipinski definition) is 1. The van der Waals surface area contributed by atoms with E-state index in [0.29, 0.717) is 6.04 Å². The Morgan fingerprint density at radius 2 is 2.14 bits per heavy atom. The van der Waals surface area contributed by atoms with E-state index < -0.39 is 0 Å². The molecule has 3 heteroatoms. The Balaban J connectivity index is 1.66. The van der Waals surface area contributed by atoms with Crippen LogP contribution in [0.2, 0.25) is 0 Å². The van der Waals surface area contributed by atoms with Gasteiger partial charge in [0.05, 0.1) is 6.61 Å². The first-order valence-electron chi connectivity index (χ1n) is 8.19. The van der Waals surface area contributed by atoms with Gasteiger partial charge in [0.15, 0.2) is 0 Å². The maximum Gasteiger partial charge on any atom is 0.0593 e. The van der Waals surface area contributed by atoms with Gasteiger partial charge in [-0.15, -0.1) is 0 Å². The summed E-state index contributed by atoms with van der Waals surface area (Å²) in [5.41, 5.74) is 2.71.